The zero-order valence-electron chi connectivity index (χ0n) is 11.3. The molecule has 0 saturated heterocycles. The van der Waals surface area contributed by atoms with Crippen molar-refractivity contribution in [3.05, 3.63) is 70.2 Å². The first-order chi connectivity index (χ1) is 10.1. The van der Waals surface area contributed by atoms with Crippen molar-refractivity contribution in [2.24, 2.45) is 0 Å². The van der Waals surface area contributed by atoms with Crippen LogP contribution in [0.25, 0.3) is 0 Å². The highest BCUT2D eigenvalue weighted by Crippen LogP contribution is 2.30. The van der Waals surface area contributed by atoms with Crippen molar-refractivity contribution in [3.8, 4) is 0 Å². The van der Waals surface area contributed by atoms with Gasteiger partial charge in [-0.1, -0.05) is 48.0 Å². The SMILES string of the molecule is O=C(Cc1cccc(Cl)c1)NC1CC(=O)c2ccccc21. The highest BCUT2D eigenvalue weighted by atomic mass is 35.5. The van der Waals surface area contributed by atoms with E-state index in [0.29, 0.717) is 17.0 Å². The van der Waals surface area contributed by atoms with Crippen molar-refractivity contribution in [1.82, 2.24) is 5.32 Å². The largest absolute Gasteiger partial charge is 0.349 e. The Kier molecular flexibility index (Phi) is 3.76. The average Bonchev–Trinajstić information content (AvgIpc) is 2.76. The molecule has 21 heavy (non-hydrogen) atoms. The number of benzene rings is 2. The molecule has 1 aliphatic rings. The van der Waals surface area contributed by atoms with Crippen LogP contribution in [0.2, 0.25) is 5.02 Å². The second-order valence-corrected chi connectivity index (χ2v) is 5.58. The van der Waals surface area contributed by atoms with E-state index in [2.05, 4.69) is 5.32 Å². The molecule has 1 aliphatic carbocycles. The Bertz CT molecular complexity index is 711. The number of amides is 1. The summed E-state index contributed by atoms with van der Waals surface area (Å²) in [6.45, 7) is 0. The fourth-order valence-corrected chi connectivity index (χ4v) is 2.88. The summed E-state index contributed by atoms with van der Waals surface area (Å²) in [5.74, 6) is -0.0228. The number of Topliss-reactive ketones (excluding diaryl/α,β-unsaturated/α-hetero) is 1. The summed E-state index contributed by atoms with van der Waals surface area (Å²) >= 11 is 5.91. The fourth-order valence-electron chi connectivity index (χ4n) is 2.67. The molecule has 1 amide bonds. The normalized spacial score (nSPS) is 16.6. The molecular formula is C17H14ClNO2. The van der Waals surface area contributed by atoms with E-state index in [4.69, 9.17) is 11.6 Å². The molecule has 0 spiro atoms. The lowest BCUT2D eigenvalue weighted by molar-refractivity contribution is -0.121. The minimum atomic E-state index is -0.222. The van der Waals surface area contributed by atoms with Gasteiger partial charge in [0, 0.05) is 17.0 Å². The summed E-state index contributed by atoms with van der Waals surface area (Å²) in [5, 5.41) is 3.54. The van der Waals surface area contributed by atoms with Gasteiger partial charge in [0.15, 0.2) is 5.78 Å². The third kappa shape index (κ3) is 2.98. The summed E-state index contributed by atoms with van der Waals surface area (Å²) in [7, 11) is 0. The van der Waals surface area contributed by atoms with Crippen molar-refractivity contribution < 1.29 is 9.59 Å². The molecule has 0 fully saturated rings. The summed E-state index contributed by atoms with van der Waals surface area (Å²) in [5.41, 5.74) is 2.48. The summed E-state index contributed by atoms with van der Waals surface area (Å²) in [4.78, 5) is 24.0. The van der Waals surface area contributed by atoms with Gasteiger partial charge in [0.2, 0.25) is 5.91 Å². The molecule has 0 bridgehead atoms. The van der Waals surface area contributed by atoms with Crippen LogP contribution in [0.3, 0.4) is 0 Å². The topological polar surface area (TPSA) is 46.2 Å². The minimum Gasteiger partial charge on any atom is -0.349 e. The van der Waals surface area contributed by atoms with Gasteiger partial charge in [-0.3, -0.25) is 9.59 Å². The molecule has 0 saturated carbocycles. The van der Waals surface area contributed by atoms with Crippen LogP contribution in [-0.2, 0) is 11.2 Å². The van der Waals surface area contributed by atoms with Crippen LogP contribution in [0.4, 0.5) is 0 Å². The maximum absolute atomic E-state index is 12.1. The lowest BCUT2D eigenvalue weighted by Crippen LogP contribution is -2.28. The third-order valence-electron chi connectivity index (χ3n) is 3.62. The minimum absolute atomic E-state index is 0.0821. The Labute approximate surface area is 127 Å². The van der Waals surface area contributed by atoms with Crippen molar-refractivity contribution in [2.45, 2.75) is 18.9 Å². The first kappa shape index (κ1) is 13.8. The lowest BCUT2D eigenvalue weighted by atomic mass is 10.1. The number of hydrogen-bond donors (Lipinski definition) is 1. The van der Waals surface area contributed by atoms with Crippen LogP contribution >= 0.6 is 11.6 Å². The number of halogens is 1. The van der Waals surface area contributed by atoms with Gasteiger partial charge >= 0.3 is 0 Å². The fraction of sp³-hybridized carbons (Fsp3) is 0.176. The molecule has 2 aromatic rings. The van der Waals surface area contributed by atoms with Crippen LogP contribution in [0.15, 0.2) is 48.5 Å². The molecule has 0 aromatic heterocycles. The highest BCUT2D eigenvalue weighted by molar-refractivity contribution is 6.30. The van der Waals surface area contributed by atoms with E-state index in [1.54, 1.807) is 18.2 Å². The van der Waals surface area contributed by atoms with Crippen LogP contribution in [0.5, 0.6) is 0 Å². The molecule has 106 valence electrons. The number of fused-ring (bicyclic) bond motifs is 1. The maximum Gasteiger partial charge on any atom is 0.224 e. The first-order valence-electron chi connectivity index (χ1n) is 6.79. The van der Waals surface area contributed by atoms with Gasteiger partial charge in [-0.15, -0.1) is 0 Å². The van der Waals surface area contributed by atoms with E-state index in [-0.39, 0.29) is 24.2 Å². The predicted molar refractivity (Wildman–Crippen MR) is 81.4 cm³/mol. The van der Waals surface area contributed by atoms with Gasteiger partial charge in [0.05, 0.1) is 12.5 Å². The Morgan fingerprint density at radius 1 is 1.19 bits per heavy atom. The van der Waals surface area contributed by atoms with Crippen LogP contribution < -0.4 is 5.32 Å². The Balaban J connectivity index is 1.70. The second-order valence-electron chi connectivity index (χ2n) is 5.14. The Morgan fingerprint density at radius 2 is 2.00 bits per heavy atom. The maximum atomic E-state index is 12.1. The van der Waals surface area contributed by atoms with Crippen LogP contribution in [-0.4, -0.2) is 11.7 Å². The standard InChI is InChI=1S/C17H14ClNO2/c18-12-5-3-4-11(8-12)9-17(21)19-15-10-16(20)14-7-2-1-6-13(14)15/h1-8,15H,9-10H2,(H,19,21). The van der Waals surface area contributed by atoms with E-state index in [1.165, 1.54) is 0 Å². The number of hydrogen-bond acceptors (Lipinski definition) is 2. The number of rotatable bonds is 3. The van der Waals surface area contributed by atoms with Crippen molar-refractivity contribution >= 4 is 23.3 Å². The van der Waals surface area contributed by atoms with E-state index in [1.807, 2.05) is 30.3 Å². The Hall–Kier alpha value is -2.13. The van der Waals surface area contributed by atoms with E-state index >= 15 is 0 Å². The van der Waals surface area contributed by atoms with Crippen molar-refractivity contribution in [2.75, 3.05) is 0 Å². The molecule has 2 aromatic carbocycles. The molecule has 0 aliphatic heterocycles. The lowest BCUT2D eigenvalue weighted by Gasteiger charge is -2.13. The molecule has 0 heterocycles. The molecule has 1 unspecified atom stereocenters. The quantitative estimate of drug-likeness (QED) is 0.945. The van der Waals surface area contributed by atoms with Gasteiger partial charge in [-0.25, -0.2) is 0 Å². The first-order valence-corrected chi connectivity index (χ1v) is 7.17. The van der Waals surface area contributed by atoms with Gasteiger partial charge in [-0.2, -0.15) is 0 Å². The monoisotopic (exact) mass is 299 g/mol. The summed E-state index contributed by atoms with van der Waals surface area (Å²) in [6, 6.07) is 14.4. The smallest absolute Gasteiger partial charge is 0.224 e. The molecule has 3 rings (SSSR count). The summed E-state index contributed by atoms with van der Waals surface area (Å²) < 4.78 is 0. The Morgan fingerprint density at radius 3 is 2.81 bits per heavy atom. The van der Waals surface area contributed by atoms with Gasteiger partial charge in [-0.05, 0) is 23.3 Å². The van der Waals surface area contributed by atoms with Crippen molar-refractivity contribution in [3.63, 3.8) is 0 Å². The van der Waals surface area contributed by atoms with Gasteiger partial charge < -0.3 is 5.32 Å². The molecular weight excluding hydrogens is 286 g/mol. The summed E-state index contributed by atoms with van der Waals surface area (Å²) in [6.07, 6.45) is 0.591. The van der Waals surface area contributed by atoms with E-state index in [0.717, 1.165) is 11.1 Å². The predicted octanol–water partition coefficient (Wildman–Crippen LogP) is 3.33. The molecule has 4 heteroatoms. The van der Waals surface area contributed by atoms with Gasteiger partial charge in [0.25, 0.3) is 0 Å². The van der Waals surface area contributed by atoms with Crippen LogP contribution in [0.1, 0.15) is 33.9 Å². The number of nitrogens with one attached hydrogen (secondary N) is 1. The molecule has 3 nitrogen and oxygen atoms in total. The van der Waals surface area contributed by atoms with Crippen LogP contribution in [0, 0.1) is 0 Å². The zero-order valence-corrected chi connectivity index (χ0v) is 12.1. The number of carbonyl (C=O) groups is 2. The van der Waals surface area contributed by atoms with Crippen molar-refractivity contribution in [1.29, 1.82) is 0 Å². The number of ketones is 1. The van der Waals surface area contributed by atoms with E-state index < -0.39 is 0 Å². The molecule has 1 atom stereocenters. The molecule has 1 N–H and O–H groups in total. The average molecular weight is 300 g/mol. The highest BCUT2D eigenvalue weighted by Gasteiger charge is 2.29. The molecule has 0 radical (unpaired) electrons. The second kappa shape index (κ2) is 5.70. The number of carbonyl (C=O) groups excluding carboxylic acids is 2. The zero-order chi connectivity index (χ0) is 14.8. The van der Waals surface area contributed by atoms with E-state index in [9.17, 15) is 9.59 Å². The van der Waals surface area contributed by atoms with Gasteiger partial charge in [0.1, 0.15) is 0 Å². The third-order valence-corrected chi connectivity index (χ3v) is 3.85.